The van der Waals surface area contributed by atoms with Gasteiger partial charge in [-0.15, -0.1) is 0 Å². The summed E-state index contributed by atoms with van der Waals surface area (Å²) in [7, 11) is 3.29. The largest absolute Gasteiger partial charge is 0.497 e. The molecule has 0 saturated carbocycles. The number of aromatic nitrogens is 1. The SMILES string of the molecule is CCCC(=O)NCCc1cn(OC)c2ccc(OC)cc12. The molecule has 1 aromatic heterocycles. The molecule has 5 nitrogen and oxygen atoms in total. The van der Waals surface area contributed by atoms with E-state index in [1.807, 2.05) is 31.3 Å². The van der Waals surface area contributed by atoms with Crippen molar-refractivity contribution < 1.29 is 14.4 Å². The molecule has 21 heavy (non-hydrogen) atoms. The van der Waals surface area contributed by atoms with Gasteiger partial charge < -0.3 is 14.9 Å². The van der Waals surface area contributed by atoms with Crippen LogP contribution in [0.15, 0.2) is 24.4 Å². The highest BCUT2D eigenvalue weighted by Crippen LogP contribution is 2.25. The Balaban J connectivity index is 2.16. The molecule has 114 valence electrons. The number of ether oxygens (including phenoxy) is 1. The van der Waals surface area contributed by atoms with Gasteiger partial charge in [0.1, 0.15) is 12.9 Å². The maximum atomic E-state index is 11.5. The van der Waals surface area contributed by atoms with Gasteiger partial charge in [-0.2, -0.15) is 4.73 Å². The van der Waals surface area contributed by atoms with E-state index >= 15 is 0 Å². The molecule has 1 aromatic carbocycles. The Bertz CT molecular complexity index is 619. The predicted octanol–water partition coefficient (Wildman–Crippen LogP) is 2.17. The van der Waals surface area contributed by atoms with Gasteiger partial charge in [0.15, 0.2) is 0 Å². The van der Waals surface area contributed by atoms with Crippen LogP contribution in [0.3, 0.4) is 0 Å². The van der Waals surface area contributed by atoms with Crippen molar-refractivity contribution >= 4 is 16.8 Å². The van der Waals surface area contributed by atoms with Crippen molar-refractivity contribution in [1.29, 1.82) is 0 Å². The van der Waals surface area contributed by atoms with Crippen LogP contribution in [0, 0.1) is 0 Å². The van der Waals surface area contributed by atoms with Crippen molar-refractivity contribution in [3.63, 3.8) is 0 Å². The van der Waals surface area contributed by atoms with Gasteiger partial charge in [-0.25, -0.2) is 0 Å². The molecule has 1 N–H and O–H groups in total. The molecule has 0 radical (unpaired) electrons. The van der Waals surface area contributed by atoms with E-state index in [9.17, 15) is 4.79 Å². The van der Waals surface area contributed by atoms with Crippen LogP contribution in [-0.4, -0.2) is 31.4 Å². The molecule has 0 aliphatic carbocycles. The number of nitrogens with one attached hydrogen (secondary N) is 1. The minimum absolute atomic E-state index is 0.102. The van der Waals surface area contributed by atoms with Crippen LogP contribution in [0.1, 0.15) is 25.3 Å². The first-order valence-electron chi connectivity index (χ1n) is 7.18. The van der Waals surface area contributed by atoms with Gasteiger partial charge in [-0.1, -0.05) is 6.92 Å². The molecular weight excluding hydrogens is 268 g/mol. The number of nitrogens with zero attached hydrogens (tertiary/aromatic N) is 1. The number of methoxy groups -OCH3 is 1. The highest BCUT2D eigenvalue weighted by atomic mass is 16.6. The maximum absolute atomic E-state index is 11.5. The summed E-state index contributed by atoms with van der Waals surface area (Å²) in [5.74, 6) is 0.915. The van der Waals surface area contributed by atoms with Gasteiger partial charge in [0.25, 0.3) is 0 Å². The Morgan fingerprint density at radius 1 is 1.33 bits per heavy atom. The standard InChI is InChI=1S/C16H22N2O3/c1-4-5-16(19)17-9-8-12-11-18(21-3)15-7-6-13(20-2)10-14(12)15/h6-7,10-11H,4-5,8-9H2,1-3H3,(H,17,19). The minimum atomic E-state index is 0.102. The molecule has 0 aliphatic heterocycles. The lowest BCUT2D eigenvalue weighted by Gasteiger charge is -2.04. The average molecular weight is 290 g/mol. The lowest BCUT2D eigenvalue weighted by atomic mass is 10.1. The van der Waals surface area contributed by atoms with Gasteiger partial charge in [0.05, 0.1) is 12.6 Å². The highest BCUT2D eigenvalue weighted by Gasteiger charge is 2.10. The molecule has 2 aromatic rings. The van der Waals surface area contributed by atoms with Crippen LogP contribution in [0.5, 0.6) is 5.75 Å². The molecule has 0 unspecified atom stereocenters. The fraction of sp³-hybridized carbons (Fsp3) is 0.438. The van der Waals surface area contributed by atoms with E-state index in [4.69, 9.17) is 9.57 Å². The fourth-order valence-electron chi connectivity index (χ4n) is 2.37. The van der Waals surface area contributed by atoms with E-state index in [0.717, 1.165) is 35.1 Å². The summed E-state index contributed by atoms with van der Waals surface area (Å²) in [6.07, 6.45) is 4.16. The number of hydrogen-bond donors (Lipinski definition) is 1. The van der Waals surface area contributed by atoms with Gasteiger partial charge in [0, 0.05) is 24.5 Å². The summed E-state index contributed by atoms with van der Waals surface area (Å²) >= 11 is 0. The van der Waals surface area contributed by atoms with Crippen LogP contribution in [0.4, 0.5) is 0 Å². The molecule has 0 bridgehead atoms. The van der Waals surface area contributed by atoms with E-state index in [2.05, 4.69) is 5.32 Å². The molecule has 1 heterocycles. The predicted molar refractivity (Wildman–Crippen MR) is 82.6 cm³/mol. The van der Waals surface area contributed by atoms with Gasteiger partial charge in [-0.3, -0.25) is 4.79 Å². The number of hydrogen-bond acceptors (Lipinski definition) is 3. The quantitative estimate of drug-likeness (QED) is 0.850. The van der Waals surface area contributed by atoms with Gasteiger partial charge in [0.2, 0.25) is 5.91 Å². The third-order valence-corrected chi connectivity index (χ3v) is 3.45. The topological polar surface area (TPSA) is 52.5 Å². The Labute approximate surface area is 124 Å². The summed E-state index contributed by atoms with van der Waals surface area (Å²) < 4.78 is 7.01. The lowest BCUT2D eigenvalue weighted by molar-refractivity contribution is -0.121. The number of amides is 1. The number of benzene rings is 1. The Hall–Kier alpha value is -2.17. The first-order chi connectivity index (χ1) is 10.2. The summed E-state index contributed by atoms with van der Waals surface area (Å²) in [5, 5.41) is 4.02. The Morgan fingerprint density at radius 3 is 2.81 bits per heavy atom. The molecular formula is C16H22N2O3. The second-order valence-electron chi connectivity index (χ2n) is 4.90. The zero-order valence-electron chi connectivity index (χ0n) is 12.8. The fourth-order valence-corrected chi connectivity index (χ4v) is 2.37. The summed E-state index contributed by atoms with van der Waals surface area (Å²) in [6, 6.07) is 5.87. The van der Waals surface area contributed by atoms with Crippen molar-refractivity contribution in [2.75, 3.05) is 20.8 Å². The van der Waals surface area contributed by atoms with Crippen molar-refractivity contribution in [1.82, 2.24) is 10.0 Å². The lowest BCUT2D eigenvalue weighted by Crippen LogP contribution is -2.25. The van der Waals surface area contributed by atoms with Crippen molar-refractivity contribution in [3.05, 3.63) is 30.0 Å². The van der Waals surface area contributed by atoms with E-state index < -0.39 is 0 Å². The molecule has 5 heteroatoms. The monoisotopic (exact) mass is 290 g/mol. The van der Waals surface area contributed by atoms with Crippen LogP contribution >= 0.6 is 0 Å². The van der Waals surface area contributed by atoms with Crippen LogP contribution in [0.2, 0.25) is 0 Å². The van der Waals surface area contributed by atoms with Crippen LogP contribution in [-0.2, 0) is 11.2 Å². The summed E-state index contributed by atoms with van der Waals surface area (Å²) in [5.41, 5.74) is 2.12. The number of rotatable bonds is 7. The molecule has 0 aliphatic rings. The number of carbonyl (C=O) groups is 1. The van der Waals surface area contributed by atoms with E-state index in [0.29, 0.717) is 13.0 Å². The van der Waals surface area contributed by atoms with E-state index in [1.165, 1.54) is 0 Å². The van der Waals surface area contributed by atoms with Crippen molar-refractivity contribution in [2.24, 2.45) is 0 Å². The summed E-state index contributed by atoms with van der Waals surface area (Å²) in [4.78, 5) is 16.8. The van der Waals surface area contributed by atoms with E-state index in [1.54, 1.807) is 19.0 Å². The third-order valence-electron chi connectivity index (χ3n) is 3.45. The average Bonchev–Trinajstić information content (AvgIpc) is 2.85. The second kappa shape index (κ2) is 7.02. The van der Waals surface area contributed by atoms with Crippen LogP contribution in [0.25, 0.3) is 10.9 Å². The molecule has 0 saturated heterocycles. The Morgan fingerprint density at radius 2 is 2.14 bits per heavy atom. The Kier molecular flexibility index (Phi) is 5.09. The van der Waals surface area contributed by atoms with Crippen molar-refractivity contribution in [3.8, 4) is 5.75 Å². The van der Waals surface area contributed by atoms with Gasteiger partial charge in [-0.05, 0) is 36.6 Å². The molecule has 1 amide bonds. The number of carbonyl (C=O) groups excluding carboxylic acids is 1. The maximum Gasteiger partial charge on any atom is 0.219 e. The number of fused-ring (bicyclic) bond motifs is 1. The van der Waals surface area contributed by atoms with Crippen molar-refractivity contribution in [2.45, 2.75) is 26.2 Å². The first-order valence-corrected chi connectivity index (χ1v) is 7.18. The van der Waals surface area contributed by atoms with E-state index in [-0.39, 0.29) is 5.91 Å². The molecule has 0 spiro atoms. The molecule has 0 fully saturated rings. The normalized spacial score (nSPS) is 10.6. The minimum Gasteiger partial charge on any atom is -0.497 e. The molecule has 2 rings (SSSR count). The first kappa shape index (κ1) is 15.2. The second-order valence-corrected chi connectivity index (χ2v) is 4.90. The zero-order valence-corrected chi connectivity index (χ0v) is 12.8. The highest BCUT2D eigenvalue weighted by molar-refractivity contribution is 5.85. The zero-order chi connectivity index (χ0) is 15.2. The van der Waals surface area contributed by atoms with Gasteiger partial charge >= 0.3 is 0 Å². The summed E-state index contributed by atoms with van der Waals surface area (Å²) in [6.45, 7) is 2.62. The molecule has 0 atom stereocenters. The smallest absolute Gasteiger partial charge is 0.219 e. The van der Waals surface area contributed by atoms with Crippen LogP contribution < -0.4 is 14.9 Å². The third kappa shape index (κ3) is 3.48.